The van der Waals surface area contributed by atoms with Crippen LogP contribution in [0.1, 0.15) is 35.5 Å². The van der Waals surface area contributed by atoms with Crippen molar-refractivity contribution in [3.63, 3.8) is 0 Å². The smallest absolute Gasteiger partial charge is 0.323 e. The normalized spacial score (nSPS) is 14.2. The minimum atomic E-state index is -0.402. The fraction of sp³-hybridized carbons (Fsp3) is 0.188. The van der Waals surface area contributed by atoms with Crippen LogP contribution >= 0.6 is 0 Å². The van der Waals surface area contributed by atoms with Crippen LogP contribution in [0.15, 0.2) is 97.2 Å². The van der Waals surface area contributed by atoms with Crippen LogP contribution in [0, 0.1) is 0 Å². The number of hydrogen-bond acceptors (Lipinski definition) is 4. The van der Waals surface area contributed by atoms with Crippen LogP contribution < -0.4 is 14.8 Å². The Morgan fingerprint density at radius 3 is 2.52 bits per heavy atom. The van der Waals surface area contributed by atoms with Gasteiger partial charge in [0.15, 0.2) is 0 Å². The second kappa shape index (κ2) is 10.6. The van der Waals surface area contributed by atoms with Crippen molar-refractivity contribution in [3.8, 4) is 23.0 Å². The van der Waals surface area contributed by atoms with Crippen LogP contribution in [0.3, 0.4) is 0 Å². The lowest BCUT2D eigenvalue weighted by Crippen LogP contribution is -2.38. The maximum Gasteiger partial charge on any atom is 0.323 e. The number of urea groups is 1. The van der Waals surface area contributed by atoms with Gasteiger partial charge in [-0.3, -0.25) is 0 Å². The molecule has 1 aliphatic rings. The largest absolute Gasteiger partial charge is 0.497 e. The Morgan fingerprint density at radius 2 is 1.75 bits per heavy atom. The first-order valence-electron chi connectivity index (χ1n) is 13.3. The van der Waals surface area contributed by atoms with Gasteiger partial charge in [0.2, 0.25) is 0 Å². The summed E-state index contributed by atoms with van der Waals surface area (Å²) in [7, 11) is 3.25. The third-order valence-electron chi connectivity index (χ3n) is 7.32. The number of benzene rings is 3. The highest BCUT2D eigenvalue weighted by atomic mass is 16.5. The van der Waals surface area contributed by atoms with Crippen LogP contribution in [0.25, 0.3) is 11.5 Å². The van der Waals surface area contributed by atoms with Gasteiger partial charge in [-0.25, -0.2) is 9.48 Å². The Labute approximate surface area is 233 Å². The number of aromatic nitrogens is 3. The number of nitrogens with zero attached hydrogens (tertiary/aromatic N) is 4. The second-order valence-corrected chi connectivity index (χ2v) is 9.59. The molecule has 8 nitrogen and oxygen atoms in total. The van der Waals surface area contributed by atoms with E-state index >= 15 is 0 Å². The lowest BCUT2D eigenvalue weighted by atomic mass is 10.0. The maximum atomic E-state index is 14.2. The van der Waals surface area contributed by atoms with Gasteiger partial charge >= 0.3 is 6.03 Å². The highest BCUT2D eigenvalue weighted by Crippen LogP contribution is 2.40. The van der Waals surface area contributed by atoms with Crippen molar-refractivity contribution in [2.75, 3.05) is 19.5 Å². The van der Waals surface area contributed by atoms with E-state index in [2.05, 4.69) is 22.9 Å². The van der Waals surface area contributed by atoms with Crippen molar-refractivity contribution in [1.82, 2.24) is 19.2 Å². The average Bonchev–Trinajstić information content (AvgIpc) is 3.59. The van der Waals surface area contributed by atoms with Crippen molar-refractivity contribution >= 4 is 11.7 Å². The minimum absolute atomic E-state index is 0.243. The highest BCUT2D eigenvalue weighted by molar-refractivity contribution is 5.91. The number of para-hydroxylation sites is 3. The Bertz CT molecular complexity index is 1660. The van der Waals surface area contributed by atoms with Crippen molar-refractivity contribution in [2.24, 2.45) is 0 Å². The van der Waals surface area contributed by atoms with Crippen molar-refractivity contribution in [3.05, 3.63) is 120 Å². The van der Waals surface area contributed by atoms with Gasteiger partial charge in [-0.2, -0.15) is 5.10 Å². The summed E-state index contributed by atoms with van der Waals surface area (Å²) in [6.07, 6.45) is 2.77. The zero-order valence-electron chi connectivity index (χ0n) is 22.7. The number of anilines is 1. The molecule has 3 heterocycles. The summed E-state index contributed by atoms with van der Waals surface area (Å²) in [4.78, 5) is 16.1. The molecule has 0 radical (unpaired) electrons. The third kappa shape index (κ3) is 4.37. The van der Waals surface area contributed by atoms with E-state index in [0.29, 0.717) is 18.0 Å². The Kier molecular flexibility index (Phi) is 6.74. The molecule has 2 aromatic heterocycles. The SMILES string of the molecule is CCc1nn(-c2ccccc2)c2c1CN(C(=O)Nc1ccccc1OC)[C@@H](c1cccc(OC)c1)c1cccn1-2. The molecule has 2 amide bonds. The predicted octanol–water partition coefficient (Wildman–Crippen LogP) is 6.38. The first-order chi connectivity index (χ1) is 19.6. The number of carbonyl (C=O) groups is 1. The van der Waals surface area contributed by atoms with Crippen molar-refractivity contribution in [2.45, 2.75) is 25.9 Å². The van der Waals surface area contributed by atoms with E-state index in [1.807, 2.05) is 101 Å². The summed E-state index contributed by atoms with van der Waals surface area (Å²) in [6.45, 7) is 2.45. The van der Waals surface area contributed by atoms with E-state index in [9.17, 15) is 4.79 Å². The molecular weight excluding hydrogens is 502 g/mol. The van der Waals surface area contributed by atoms with E-state index in [4.69, 9.17) is 14.6 Å². The molecule has 0 saturated heterocycles. The van der Waals surface area contributed by atoms with E-state index in [-0.39, 0.29) is 6.03 Å². The molecule has 6 rings (SSSR count). The van der Waals surface area contributed by atoms with E-state index in [1.165, 1.54) is 0 Å². The minimum Gasteiger partial charge on any atom is -0.497 e. The van der Waals surface area contributed by atoms with Crippen LogP contribution in [0.2, 0.25) is 0 Å². The number of ether oxygens (including phenoxy) is 2. The molecule has 8 heteroatoms. The number of carbonyl (C=O) groups excluding carboxylic acids is 1. The summed E-state index contributed by atoms with van der Waals surface area (Å²) < 4.78 is 15.2. The van der Waals surface area contributed by atoms with E-state index in [1.54, 1.807) is 14.2 Å². The van der Waals surface area contributed by atoms with Gasteiger partial charge in [0, 0.05) is 11.8 Å². The van der Waals surface area contributed by atoms with Crippen LogP contribution in [-0.4, -0.2) is 39.5 Å². The molecule has 0 saturated carbocycles. The van der Waals surface area contributed by atoms with Gasteiger partial charge in [0.05, 0.1) is 49.6 Å². The van der Waals surface area contributed by atoms with Crippen molar-refractivity contribution < 1.29 is 14.3 Å². The molecule has 1 N–H and O–H groups in total. The average molecular weight is 534 g/mol. The summed E-state index contributed by atoms with van der Waals surface area (Å²) in [6, 6.07) is 28.9. The van der Waals surface area contributed by atoms with Gasteiger partial charge in [-0.15, -0.1) is 0 Å². The second-order valence-electron chi connectivity index (χ2n) is 9.59. The molecule has 5 aromatic rings. The number of amides is 2. The molecule has 0 bridgehead atoms. The molecule has 1 atom stereocenters. The lowest BCUT2D eigenvalue weighted by molar-refractivity contribution is 0.194. The molecule has 3 aromatic carbocycles. The summed E-state index contributed by atoms with van der Waals surface area (Å²) in [5.41, 5.74) is 5.40. The first kappa shape index (κ1) is 25.3. The van der Waals surface area contributed by atoms with Gasteiger partial charge in [0.25, 0.3) is 0 Å². The lowest BCUT2D eigenvalue weighted by Gasteiger charge is -2.31. The number of hydrogen-bond donors (Lipinski definition) is 1. The molecule has 40 heavy (non-hydrogen) atoms. The Morgan fingerprint density at radius 1 is 0.950 bits per heavy atom. The predicted molar refractivity (Wildman–Crippen MR) is 155 cm³/mol. The number of nitrogens with one attached hydrogen (secondary N) is 1. The van der Waals surface area contributed by atoms with Gasteiger partial charge in [0.1, 0.15) is 17.3 Å². The van der Waals surface area contributed by atoms with Gasteiger partial charge in [-0.05, 0) is 60.5 Å². The first-order valence-corrected chi connectivity index (χ1v) is 13.3. The fourth-order valence-electron chi connectivity index (χ4n) is 5.45. The number of methoxy groups -OCH3 is 2. The van der Waals surface area contributed by atoms with Crippen LogP contribution in [-0.2, 0) is 13.0 Å². The molecule has 0 aliphatic carbocycles. The summed E-state index contributed by atoms with van der Waals surface area (Å²) >= 11 is 0. The monoisotopic (exact) mass is 533 g/mol. The maximum absolute atomic E-state index is 14.2. The van der Waals surface area contributed by atoms with E-state index in [0.717, 1.165) is 46.2 Å². The molecular formula is C32H31N5O3. The van der Waals surface area contributed by atoms with Crippen LogP contribution in [0.4, 0.5) is 10.5 Å². The number of aryl methyl sites for hydroxylation is 1. The standard InChI is InChI=1S/C32H31N5O3/c1-4-26-25-21-36(32(38)33-27-16-8-9-18-29(27)40-3)30(22-12-10-15-24(20-22)39-2)28-17-11-19-35(28)31(25)37(34-26)23-13-6-5-7-14-23/h5-20,30H,4,21H2,1-3H3,(H,33,38)/t30-/m0/s1. The summed E-state index contributed by atoms with van der Waals surface area (Å²) in [5, 5.41) is 8.14. The molecule has 202 valence electrons. The van der Waals surface area contributed by atoms with Gasteiger partial charge < -0.3 is 24.3 Å². The molecule has 0 spiro atoms. The fourth-order valence-corrected chi connectivity index (χ4v) is 5.45. The van der Waals surface area contributed by atoms with Crippen LogP contribution in [0.5, 0.6) is 11.5 Å². The summed E-state index contributed by atoms with van der Waals surface area (Å²) in [5.74, 6) is 2.26. The Balaban J connectivity index is 1.56. The number of rotatable bonds is 6. The third-order valence-corrected chi connectivity index (χ3v) is 7.32. The quantitative estimate of drug-likeness (QED) is 0.275. The number of fused-ring (bicyclic) bond motifs is 3. The molecule has 1 aliphatic heterocycles. The highest BCUT2D eigenvalue weighted by Gasteiger charge is 2.36. The zero-order chi connectivity index (χ0) is 27.6. The van der Waals surface area contributed by atoms with Crippen molar-refractivity contribution in [1.29, 1.82) is 0 Å². The topological polar surface area (TPSA) is 73.6 Å². The Hall–Kier alpha value is -4.98. The molecule has 0 fully saturated rings. The van der Waals surface area contributed by atoms with Gasteiger partial charge in [-0.1, -0.05) is 49.4 Å². The molecule has 0 unspecified atom stereocenters. The zero-order valence-corrected chi connectivity index (χ0v) is 22.7. The van der Waals surface area contributed by atoms with E-state index < -0.39 is 6.04 Å².